The molecule has 0 spiro atoms. The van der Waals surface area contributed by atoms with Crippen LogP contribution in [0.3, 0.4) is 0 Å². The molecule has 0 atom stereocenters. The molecule has 0 aliphatic carbocycles. The number of nitrogen functional groups attached to an aromatic ring is 1. The zero-order valence-electron chi connectivity index (χ0n) is 14.4. The number of para-hydroxylation sites is 1. The van der Waals surface area contributed by atoms with Crippen molar-refractivity contribution < 1.29 is 4.79 Å². The fourth-order valence-corrected chi connectivity index (χ4v) is 2.73. The van der Waals surface area contributed by atoms with Crippen LogP contribution in [0.1, 0.15) is 41.4 Å². The van der Waals surface area contributed by atoms with Crippen LogP contribution < -0.4 is 5.73 Å². The van der Waals surface area contributed by atoms with Gasteiger partial charge in [-0.05, 0) is 43.5 Å². The zero-order valence-corrected chi connectivity index (χ0v) is 15.3. The fourth-order valence-electron chi connectivity index (χ4n) is 2.57. The van der Waals surface area contributed by atoms with Crippen LogP contribution in [0.4, 0.5) is 5.69 Å². The van der Waals surface area contributed by atoms with Crippen molar-refractivity contribution in [3.05, 3.63) is 59.3 Å². The highest BCUT2D eigenvalue weighted by Gasteiger charge is 2.14. The molecule has 0 fully saturated rings. The van der Waals surface area contributed by atoms with Crippen molar-refractivity contribution in [2.45, 2.75) is 38.5 Å². The van der Waals surface area contributed by atoms with Gasteiger partial charge in [-0.1, -0.05) is 37.3 Å². The average Bonchev–Trinajstić information content (AvgIpc) is 2.90. The number of nitrogens with two attached hydrogens (primary N) is 1. The van der Waals surface area contributed by atoms with E-state index in [1.54, 1.807) is 0 Å². The SMILES string of the molecule is CCCC(=O)c1[nH]c2c(N)cccc2c1C.Cc1ccccc1S. The van der Waals surface area contributed by atoms with Gasteiger partial charge in [-0.25, -0.2) is 0 Å². The minimum Gasteiger partial charge on any atom is -0.397 e. The first-order valence-electron chi connectivity index (χ1n) is 8.10. The van der Waals surface area contributed by atoms with Crippen LogP contribution in [0.5, 0.6) is 0 Å². The second-order valence-electron chi connectivity index (χ2n) is 5.85. The summed E-state index contributed by atoms with van der Waals surface area (Å²) in [6.07, 6.45) is 1.44. The highest BCUT2D eigenvalue weighted by atomic mass is 32.1. The van der Waals surface area contributed by atoms with E-state index in [2.05, 4.69) is 17.6 Å². The van der Waals surface area contributed by atoms with Crippen molar-refractivity contribution in [2.24, 2.45) is 0 Å². The lowest BCUT2D eigenvalue weighted by Crippen LogP contribution is -2.00. The van der Waals surface area contributed by atoms with Crippen LogP contribution in [0.25, 0.3) is 10.9 Å². The molecule has 2 aromatic carbocycles. The molecule has 0 aliphatic heterocycles. The molecule has 0 aliphatic rings. The molecule has 1 heterocycles. The number of benzene rings is 2. The molecule has 0 amide bonds. The summed E-state index contributed by atoms with van der Waals surface area (Å²) in [5, 5.41) is 1.04. The van der Waals surface area contributed by atoms with E-state index in [1.165, 1.54) is 5.56 Å². The van der Waals surface area contributed by atoms with Gasteiger partial charge in [0.05, 0.1) is 16.9 Å². The van der Waals surface area contributed by atoms with Crippen LogP contribution in [0.15, 0.2) is 47.4 Å². The van der Waals surface area contributed by atoms with E-state index in [4.69, 9.17) is 5.73 Å². The highest BCUT2D eigenvalue weighted by Crippen LogP contribution is 2.26. The molecule has 3 N–H and O–H groups in total. The number of fused-ring (bicyclic) bond motifs is 1. The molecule has 3 nitrogen and oxygen atoms in total. The minimum absolute atomic E-state index is 0.163. The first kappa shape index (κ1) is 18.1. The lowest BCUT2D eigenvalue weighted by Gasteiger charge is -1.96. The van der Waals surface area contributed by atoms with Crippen LogP contribution in [0, 0.1) is 13.8 Å². The predicted molar refractivity (Wildman–Crippen MR) is 105 cm³/mol. The Morgan fingerprint density at radius 2 is 1.83 bits per heavy atom. The molecule has 4 heteroatoms. The summed E-state index contributed by atoms with van der Waals surface area (Å²) in [7, 11) is 0. The topological polar surface area (TPSA) is 58.9 Å². The molecule has 126 valence electrons. The number of hydrogen-bond acceptors (Lipinski definition) is 3. The molecule has 1 aromatic heterocycles. The second-order valence-corrected chi connectivity index (χ2v) is 6.34. The molecular weight excluding hydrogens is 316 g/mol. The predicted octanol–water partition coefficient (Wildman–Crippen LogP) is 5.33. The average molecular weight is 340 g/mol. The Morgan fingerprint density at radius 1 is 1.12 bits per heavy atom. The van der Waals surface area contributed by atoms with Crippen molar-refractivity contribution in [1.29, 1.82) is 0 Å². The number of H-pyrrole nitrogens is 1. The van der Waals surface area contributed by atoms with Gasteiger partial charge >= 0.3 is 0 Å². The number of anilines is 1. The van der Waals surface area contributed by atoms with Gasteiger partial charge < -0.3 is 10.7 Å². The van der Waals surface area contributed by atoms with Gasteiger partial charge in [0.2, 0.25) is 0 Å². The number of Topliss-reactive ketones (excluding diaryl/α,β-unsaturated/α-hetero) is 1. The largest absolute Gasteiger partial charge is 0.397 e. The third kappa shape index (κ3) is 4.01. The van der Waals surface area contributed by atoms with Crippen molar-refractivity contribution in [3.8, 4) is 0 Å². The standard InChI is InChI=1S/C13H16N2O.C7H8S/c1-3-5-11(16)12-8(2)9-6-4-7-10(14)13(9)15-12;1-6-4-2-3-5-7(6)8/h4,6-7,15H,3,5,14H2,1-2H3;2-5,8H,1H3. The third-order valence-corrected chi connectivity index (χ3v) is 4.50. The number of carbonyl (C=O) groups is 1. The Bertz CT molecular complexity index is 831. The first-order chi connectivity index (χ1) is 11.5. The Kier molecular flexibility index (Phi) is 6.10. The van der Waals surface area contributed by atoms with E-state index in [0.717, 1.165) is 27.8 Å². The van der Waals surface area contributed by atoms with E-state index in [9.17, 15) is 4.79 Å². The number of aromatic amines is 1. The van der Waals surface area contributed by atoms with Gasteiger partial charge in [0, 0.05) is 16.7 Å². The van der Waals surface area contributed by atoms with E-state index in [0.29, 0.717) is 17.8 Å². The fraction of sp³-hybridized carbons (Fsp3) is 0.250. The summed E-state index contributed by atoms with van der Waals surface area (Å²) in [5.41, 5.74) is 10.4. The molecule has 0 bridgehead atoms. The molecule has 3 rings (SSSR count). The van der Waals surface area contributed by atoms with Gasteiger partial charge in [-0.15, -0.1) is 12.6 Å². The Morgan fingerprint density at radius 3 is 2.38 bits per heavy atom. The first-order valence-corrected chi connectivity index (χ1v) is 8.55. The molecule has 24 heavy (non-hydrogen) atoms. The Hall–Kier alpha value is -2.20. The lowest BCUT2D eigenvalue weighted by molar-refractivity contribution is 0.0977. The minimum atomic E-state index is 0.163. The number of nitrogens with one attached hydrogen (secondary N) is 1. The van der Waals surface area contributed by atoms with Crippen LogP contribution in [-0.4, -0.2) is 10.8 Å². The molecule has 0 saturated carbocycles. The number of carbonyl (C=O) groups excluding carboxylic acids is 1. The summed E-state index contributed by atoms with van der Waals surface area (Å²) in [6, 6.07) is 13.8. The van der Waals surface area contributed by atoms with Gasteiger partial charge in [-0.3, -0.25) is 4.79 Å². The monoisotopic (exact) mass is 340 g/mol. The lowest BCUT2D eigenvalue weighted by atomic mass is 10.1. The quantitative estimate of drug-likeness (QED) is 0.343. The van der Waals surface area contributed by atoms with Crippen LogP contribution in [0.2, 0.25) is 0 Å². The van der Waals surface area contributed by atoms with Crippen molar-refractivity contribution in [2.75, 3.05) is 5.73 Å². The normalized spacial score (nSPS) is 10.3. The van der Waals surface area contributed by atoms with Crippen molar-refractivity contribution in [3.63, 3.8) is 0 Å². The number of rotatable bonds is 3. The maximum atomic E-state index is 11.9. The van der Waals surface area contributed by atoms with Gasteiger partial charge in [0.1, 0.15) is 0 Å². The van der Waals surface area contributed by atoms with Gasteiger partial charge in [0.15, 0.2) is 5.78 Å². The summed E-state index contributed by atoms with van der Waals surface area (Å²) in [6.45, 7) is 6.01. The molecule has 0 radical (unpaired) electrons. The van der Waals surface area contributed by atoms with E-state index >= 15 is 0 Å². The van der Waals surface area contributed by atoms with Crippen molar-refractivity contribution >= 4 is 35.0 Å². The number of hydrogen-bond donors (Lipinski definition) is 3. The molecule has 0 saturated heterocycles. The number of aromatic nitrogens is 1. The van der Waals surface area contributed by atoms with E-state index in [1.807, 2.05) is 63.2 Å². The summed E-state index contributed by atoms with van der Waals surface area (Å²) >= 11 is 4.20. The van der Waals surface area contributed by atoms with E-state index in [-0.39, 0.29) is 5.78 Å². The van der Waals surface area contributed by atoms with Gasteiger partial charge in [-0.2, -0.15) is 0 Å². The Labute approximate surface area is 148 Å². The maximum Gasteiger partial charge on any atom is 0.179 e. The smallest absolute Gasteiger partial charge is 0.179 e. The molecule has 3 aromatic rings. The second kappa shape index (κ2) is 8.06. The third-order valence-electron chi connectivity index (χ3n) is 4.00. The molecule has 0 unspecified atom stereocenters. The zero-order chi connectivity index (χ0) is 17.7. The maximum absolute atomic E-state index is 11.9. The van der Waals surface area contributed by atoms with Crippen LogP contribution >= 0.6 is 12.6 Å². The summed E-state index contributed by atoms with van der Waals surface area (Å²) in [4.78, 5) is 16.1. The Balaban J connectivity index is 0.000000219. The number of aryl methyl sites for hydroxylation is 2. The summed E-state index contributed by atoms with van der Waals surface area (Å²) in [5.74, 6) is 0.163. The van der Waals surface area contributed by atoms with E-state index < -0.39 is 0 Å². The van der Waals surface area contributed by atoms with Crippen molar-refractivity contribution in [1.82, 2.24) is 4.98 Å². The number of thiol groups is 1. The van der Waals surface area contributed by atoms with Crippen LogP contribution in [-0.2, 0) is 0 Å². The summed E-state index contributed by atoms with van der Waals surface area (Å²) < 4.78 is 0. The van der Waals surface area contributed by atoms with Gasteiger partial charge in [0.25, 0.3) is 0 Å². The number of ketones is 1. The highest BCUT2D eigenvalue weighted by molar-refractivity contribution is 7.80. The molecular formula is C20H24N2OS.